The zero-order valence-corrected chi connectivity index (χ0v) is 14.4. The molecule has 8 N–H and O–H groups in total. The summed E-state index contributed by atoms with van der Waals surface area (Å²) >= 11 is 0. The van der Waals surface area contributed by atoms with Gasteiger partial charge in [0.15, 0.2) is 11.2 Å². The number of hydrogen-bond acceptors (Lipinski definition) is 8. The zero-order chi connectivity index (χ0) is 21.3. The van der Waals surface area contributed by atoms with Gasteiger partial charge in [-0.3, -0.25) is 19.2 Å². The summed E-state index contributed by atoms with van der Waals surface area (Å²) < 4.78 is 0. The fourth-order valence-electron chi connectivity index (χ4n) is 1.43. The molecule has 0 heterocycles. The summed E-state index contributed by atoms with van der Waals surface area (Å²) in [5.74, 6) is -10.0. The first-order chi connectivity index (χ1) is 11.6. The minimum absolute atomic E-state index is 0. The van der Waals surface area contributed by atoms with Gasteiger partial charge in [0.2, 0.25) is 0 Å². The number of rotatable bonds is 10. The average Bonchev–Trinajstić information content (AvgIpc) is 2.34. The Morgan fingerprint density at radius 2 is 0.630 bits per heavy atom. The summed E-state index contributed by atoms with van der Waals surface area (Å²) in [6, 6.07) is 0. The molecule has 0 aromatic carbocycles. The molecule has 0 saturated heterocycles. The number of aliphatic hydroxyl groups is 2. The van der Waals surface area contributed by atoms with E-state index in [1.165, 1.54) is 0 Å². The van der Waals surface area contributed by atoms with Gasteiger partial charge in [0.1, 0.15) is 0 Å². The predicted molar refractivity (Wildman–Crippen MR) is 74.2 cm³/mol. The van der Waals surface area contributed by atoms with Crippen LogP contribution in [0.4, 0.5) is 0 Å². The van der Waals surface area contributed by atoms with Crippen LogP contribution in [-0.2, 0) is 45.8 Å². The minimum atomic E-state index is -2.74. The first kappa shape index (κ1) is 29.0. The van der Waals surface area contributed by atoms with E-state index < -0.39 is 72.7 Å². The zero-order valence-electron chi connectivity index (χ0n) is 13.2. The van der Waals surface area contributed by atoms with Crippen molar-refractivity contribution in [3.63, 3.8) is 0 Å². The summed E-state index contributed by atoms with van der Waals surface area (Å²) in [4.78, 5) is 61.0. The summed E-state index contributed by atoms with van der Waals surface area (Å²) in [7, 11) is 0. The largest absolute Gasteiger partial charge is 0.481 e. The number of carboxylic acid groups (broad SMARTS) is 6. The van der Waals surface area contributed by atoms with Gasteiger partial charge in [-0.2, -0.15) is 0 Å². The monoisotopic (exact) mass is 439 g/mol. The SMILES string of the molecule is O=C(O)CC(O)(CC(=O)O)C(=O)O.O=C(O)CC(O)(CC(=O)O)C(=O)O.[Mn]. The van der Waals surface area contributed by atoms with E-state index in [-0.39, 0.29) is 17.1 Å². The molecule has 155 valence electrons. The van der Waals surface area contributed by atoms with Gasteiger partial charge in [0.25, 0.3) is 0 Å². The van der Waals surface area contributed by atoms with Crippen molar-refractivity contribution in [2.45, 2.75) is 36.9 Å². The van der Waals surface area contributed by atoms with Crippen LogP contribution < -0.4 is 0 Å². The third kappa shape index (κ3) is 12.3. The van der Waals surface area contributed by atoms with E-state index >= 15 is 0 Å². The minimum Gasteiger partial charge on any atom is -0.481 e. The molecule has 15 heteroatoms. The van der Waals surface area contributed by atoms with Crippen molar-refractivity contribution in [1.29, 1.82) is 0 Å². The molecule has 0 aromatic rings. The van der Waals surface area contributed by atoms with Gasteiger partial charge in [0.05, 0.1) is 25.7 Å². The van der Waals surface area contributed by atoms with Crippen LogP contribution in [0.1, 0.15) is 25.7 Å². The molecule has 1 radical (unpaired) electrons. The Kier molecular flexibility index (Phi) is 12.7. The number of aliphatic carboxylic acids is 6. The molecule has 0 spiro atoms. The van der Waals surface area contributed by atoms with E-state index in [4.69, 9.17) is 40.9 Å². The summed E-state index contributed by atoms with van der Waals surface area (Å²) in [6.07, 6.45) is -4.58. The Morgan fingerprint density at radius 3 is 0.704 bits per heavy atom. The number of hydrogen-bond donors (Lipinski definition) is 8. The van der Waals surface area contributed by atoms with Crippen LogP contribution >= 0.6 is 0 Å². The summed E-state index contributed by atoms with van der Waals surface area (Å²) in [5, 5.41) is 67.6. The van der Waals surface area contributed by atoms with Gasteiger partial charge in [-0.1, -0.05) is 0 Å². The maximum Gasteiger partial charge on any atom is 0.336 e. The van der Waals surface area contributed by atoms with Crippen LogP contribution in [0.3, 0.4) is 0 Å². The maximum atomic E-state index is 10.3. The molecule has 0 aromatic heterocycles. The third-order valence-electron chi connectivity index (χ3n) is 2.57. The van der Waals surface area contributed by atoms with E-state index in [1.807, 2.05) is 0 Å². The Bertz CT molecular complexity index is 513. The van der Waals surface area contributed by atoms with Gasteiger partial charge in [-0.05, 0) is 0 Å². The normalized spacial score (nSPS) is 10.4. The smallest absolute Gasteiger partial charge is 0.336 e. The Labute approximate surface area is 160 Å². The second-order valence-corrected chi connectivity index (χ2v) is 4.96. The molecule has 0 atom stereocenters. The van der Waals surface area contributed by atoms with Crippen molar-refractivity contribution in [2.24, 2.45) is 0 Å². The first-order valence-electron chi connectivity index (χ1n) is 6.34. The van der Waals surface area contributed by atoms with E-state index in [0.717, 1.165) is 0 Å². The second kappa shape index (κ2) is 11.8. The van der Waals surface area contributed by atoms with Crippen molar-refractivity contribution >= 4 is 35.8 Å². The number of carboxylic acids is 6. The van der Waals surface area contributed by atoms with E-state index in [9.17, 15) is 28.8 Å². The van der Waals surface area contributed by atoms with Crippen molar-refractivity contribution in [1.82, 2.24) is 0 Å². The van der Waals surface area contributed by atoms with Gasteiger partial charge < -0.3 is 40.9 Å². The van der Waals surface area contributed by atoms with Crippen LogP contribution in [-0.4, -0.2) is 87.9 Å². The fourth-order valence-corrected chi connectivity index (χ4v) is 1.43. The molecule has 0 aliphatic carbocycles. The molecule has 0 amide bonds. The second-order valence-electron chi connectivity index (χ2n) is 4.96. The van der Waals surface area contributed by atoms with E-state index in [2.05, 4.69) is 0 Å². The van der Waals surface area contributed by atoms with Crippen molar-refractivity contribution < 1.29 is 86.7 Å². The molecule has 0 fully saturated rings. The standard InChI is InChI=1S/2C6H8O7.Mn/c2*7-3(8)1-6(13,5(11)12)2-4(9)10;/h2*13H,1-2H2,(H,7,8)(H,9,10)(H,11,12);. The maximum absolute atomic E-state index is 10.3. The van der Waals surface area contributed by atoms with Gasteiger partial charge in [0, 0.05) is 17.1 Å². The molecule has 27 heavy (non-hydrogen) atoms. The predicted octanol–water partition coefficient (Wildman–Crippen LogP) is -2.50. The van der Waals surface area contributed by atoms with Crippen LogP contribution in [0.15, 0.2) is 0 Å². The first-order valence-corrected chi connectivity index (χ1v) is 6.34. The van der Waals surface area contributed by atoms with E-state index in [1.54, 1.807) is 0 Å². The molecule has 0 saturated carbocycles. The quantitative estimate of drug-likeness (QED) is 0.164. The van der Waals surface area contributed by atoms with Crippen molar-refractivity contribution in [3.05, 3.63) is 0 Å². The van der Waals surface area contributed by atoms with Crippen LogP contribution in [0.25, 0.3) is 0 Å². The Balaban J connectivity index is -0.000000411. The molecular formula is C12H16MnO14. The summed E-state index contributed by atoms with van der Waals surface area (Å²) in [6.45, 7) is 0. The molecule has 0 aliphatic rings. The van der Waals surface area contributed by atoms with Crippen molar-refractivity contribution in [2.75, 3.05) is 0 Å². The van der Waals surface area contributed by atoms with Crippen molar-refractivity contribution in [3.8, 4) is 0 Å². The summed E-state index contributed by atoms with van der Waals surface area (Å²) in [5.41, 5.74) is -5.48. The average molecular weight is 439 g/mol. The van der Waals surface area contributed by atoms with Crippen LogP contribution in [0.5, 0.6) is 0 Å². The molecule has 14 nitrogen and oxygen atoms in total. The molecule has 0 aliphatic heterocycles. The topological polar surface area (TPSA) is 264 Å². The molecule has 0 unspecified atom stereocenters. The van der Waals surface area contributed by atoms with Crippen LogP contribution in [0.2, 0.25) is 0 Å². The van der Waals surface area contributed by atoms with Gasteiger partial charge in [-0.15, -0.1) is 0 Å². The Morgan fingerprint density at radius 1 is 0.481 bits per heavy atom. The van der Waals surface area contributed by atoms with Gasteiger partial charge >= 0.3 is 35.8 Å². The van der Waals surface area contributed by atoms with Gasteiger partial charge in [-0.25, -0.2) is 9.59 Å². The van der Waals surface area contributed by atoms with E-state index in [0.29, 0.717) is 0 Å². The third-order valence-corrected chi connectivity index (χ3v) is 2.57. The molecule has 0 bridgehead atoms. The Hall–Kier alpha value is -2.74. The molecular weight excluding hydrogens is 423 g/mol. The fraction of sp³-hybridized carbons (Fsp3) is 0.500. The number of carbonyl (C=O) groups is 6. The molecule has 0 rings (SSSR count). The van der Waals surface area contributed by atoms with Crippen LogP contribution in [0, 0.1) is 0 Å².